The van der Waals surface area contributed by atoms with Crippen LogP contribution in [0.15, 0.2) is 0 Å². The number of amides is 1. The normalized spacial score (nSPS) is 14.7. The maximum absolute atomic E-state index is 10.8. The van der Waals surface area contributed by atoms with Gasteiger partial charge >= 0.3 is 0 Å². The standard InChI is InChI=1S/C13H23N7O/c1-10(21)15-6-7-16-12-17-11(14-2)18-13(19-12)20-8-4-3-5-9-20/h3-9H2,1-2H3,(H,15,21)(H2,14,16,17,18,19). The lowest BCUT2D eigenvalue weighted by Crippen LogP contribution is -2.32. The molecule has 1 aliphatic heterocycles. The van der Waals surface area contributed by atoms with E-state index in [2.05, 4.69) is 35.8 Å². The predicted octanol–water partition coefficient (Wildman–Crippen LogP) is 0.452. The van der Waals surface area contributed by atoms with E-state index in [9.17, 15) is 4.79 Å². The van der Waals surface area contributed by atoms with E-state index in [1.807, 2.05) is 0 Å². The third-order valence-electron chi connectivity index (χ3n) is 3.27. The van der Waals surface area contributed by atoms with Crippen LogP contribution in [0.4, 0.5) is 17.8 Å². The maximum atomic E-state index is 10.8. The number of aromatic nitrogens is 3. The summed E-state index contributed by atoms with van der Waals surface area (Å²) >= 11 is 0. The van der Waals surface area contributed by atoms with Crippen molar-refractivity contribution < 1.29 is 4.79 Å². The summed E-state index contributed by atoms with van der Waals surface area (Å²) in [4.78, 5) is 26.2. The molecule has 1 fully saturated rings. The number of carbonyl (C=O) groups is 1. The number of rotatable bonds is 6. The zero-order valence-electron chi connectivity index (χ0n) is 12.6. The van der Waals surface area contributed by atoms with Crippen LogP contribution in [-0.4, -0.2) is 54.1 Å². The molecule has 1 aromatic heterocycles. The first-order valence-corrected chi connectivity index (χ1v) is 7.36. The van der Waals surface area contributed by atoms with Crippen molar-refractivity contribution >= 4 is 23.8 Å². The van der Waals surface area contributed by atoms with E-state index in [0.29, 0.717) is 30.9 Å². The monoisotopic (exact) mass is 293 g/mol. The molecule has 0 saturated carbocycles. The number of piperidine rings is 1. The molecule has 0 aromatic carbocycles. The highest BCUT2D eigenvalue weighted by Gasteiger charge is 2.15. The second-order valence-electron chi connectivity index (χ2n) is 4.99. The van der Waals surface area contributed by atoms with Gasteiger partial charge in [0, 0.05) is 40.2 Å². The topological polar surface area (TPSA) is 95.1 Å². The molecule has 8 heteroatoms. The molecule has 8 nitrogen and oxygen atoms in total. The van der Waals surface area contributed by atoms with E-state index in [0.717, 1.165) is 13.1 Å². The van der Waals surface area contributed by atoms with Gasteiger partial charge in [0.15, 0.2) is 0 Å². The van der Waals surface area contributed by atoms with Crippen molar-refractivity contribution in [2.45, 2.75) is 26.2 Å². The average Bonchev–Trinajstić information content (AvgIpc) is 2.52. The number of hydrogen-bond donors (Lipinski definition) is 3. The molecule has 2 heterocycles. The fourth-order valence-electron chi connectivity index (χ4n) is 2.20. The Morgan fingerprint density at radius 2 is 1.81 bits per heavy atom. The van der Waals surface area contributed by atoms with E-state index < -0.39 is 0 Å². The summed E-state index contributed by atoms with van der Waals surface area (Å²) in [6, 6.07) is 0. The van der Waals surface area contributed by atoms with Crippen molar-refractivity contribution in [2.75, 3.05) is 48.8 Å². The van der Waals surface area contributed by atoms with E-state index in [1.165, 1.54) is 26.2 Å². The van der Waals surface area contributed by atoms with Gasteiger partial charge in [-0.15, -0.1) is 0 Å². The van der Waals surface area contributed by atoms with Gasteiger partial charge < -0.3 is 20.9 Å². The van der Waals surface area contributed by atoms with Crippen LogP contribution in [-0.2, 0) is 4.79 Å². The Morgan fingerprint density at radius 1 is 1.10 bits per heavy atom. The second-order valence-corrected chi connectivity index (χ2v) is 4.99. The van der Waals surface area contributed by atoms with Gasteiger partial charge in [0.05, 0.1) is 0 Å². The Kier molecular flexibility index (Phi) is 5.53. The van der Waals surface area contributed by atoms with Gasteiger partial charge in [0.2, 0.25) is 23.8 Å². The molecule has 0 atom stereocenters. The van der Waals surface area contributed by atoms with Crippen LogP contribution >= 0.6 is 0 Å². The van der Waals surface area contributed by atoms with Crippen molar-refractivity contribution in [3.63, 3.8) is 0 Å². The number of anilines is 3. The highest BCUT2D eigenvalue weighted by atomic mass is 16.1. The fourth-order valence-corrected chi connectivity index (χ4v) is 2.20. The van der Waals surface area contributed by atoms with Crippen LogP contribution in [0, 0.1) is 0 Å². The summed E-state index contributed by atoms with van der Waals surface area (Å²) in [6.45, 7) is 4.58. The number of nitrogens with one attached hydrogen (secondary N) is 3. The molecule has 1 saturated heterocycles. The van der Waals surface area contributed by atoms with Gasteiger partial charge in [-0.2, -0.15) is 15.0 Å². The molecule has 0 bridgehead atoms. The Bertz CT molecular complexity index is 474. The third kappa shape index (κ3) is 4.73. The molecule has 1 amide bonds. The molecule has 0 unspecified atom stereocenters. The summed E-state index contributed by atoms with van der Waals surface area (Å²) in [7, 11) is 1.79. The van der Waals surface area contributed by atoms with Crippen LogP contribution in [0.3, 0.4) is 0 Å². The van der Waals surface area contributed by atoms with Crippen LogP contribution in [0.25, 0.3) is 0 Å². The minimum Gasteiger partial charge on any atom is -0.357 e. The van der Waals surface area contributed by atoms with Gasteiger partial charge in [-0.3, -0.25) is 4.79 Å². The summed E-state index contributed by atoms with van der Waals surface area (Å²) in [5.41, 5.74) is 0. The van der Waals surface area contributed by atoms with Crippen molar-refractivity contribution in [2.24, 2.45) is 0 Å². The van der Waals surface area contributed by atoms with Crippen LogP contribution < -0.4 is 20.9 Å². The summed E-state index contributed by atoms with van der Waals surface area (Å²) in [6.07, 6.45) is 3.61. The highest BCUT2D eigenvalue weighted by molar-refractivity contribution is 5.72. The lowest BCUT2D eigenvalue weighted by molar-refractivity contribution is -0.118. The van der Waals surface area contributed by atoms with Crippen molar-refractivity contribution in [3.05, 3.63) is 0 Å². The lowest BCUT2D eigenvalue weighted by atomic mass is 10.1. The number of hydrogen-bond acceptors (Lipinski definition) is 7. The predicted molar refractivity (Wildman–Crippen MR) is 82.6 cm³/mol. The van der Waals surface area contributed by atoms with E-state index in [4.69, 9.17) is 0 Å². The smallest absolute Gasteiger partial charge is 0.231 e. The Morgan fingerprint density at radius 3 is 2.48 bits per heavy atom. The van der Waals surface area contributed by atoms with E-state index >= 15 is 0 Å². The SMILES string of the molecule is CNc1nc(NCCNC(C)=O)nc(N2CCCCC2)n1. The molecule has 0 spiro atoms. The van der Waals surface area contributed by atoms with Gasteiger partial charge in [0.1, 0.15) is 0 Å². The van der Waals surface area contributed by atoms with Crippen molar-refractivity contribution in [3.8, 4) is 0 Å². The molecular weight excluding hydrogens is 270 g/mol. The quantitative estimate of drug-likeness (QED) is 0.655. The zero-order valence-corrected chi connectivity index (χ0v) is 12.6. The molecular formula is C13H23N7O. The first kappa shape index (κ1) is 15.3. The Hall–Kier alpha value is -2.12. The summed E-state index contributed by atoms with van der Waals surface area (Å²) in [5, 5.41) is 8.79. The molecule has 1 aromatic rings. The van der Waals surface area contributed by atoms with Gasteiger partial charge in [-0.05, 0) is 19.3 Å². The lowest BCUT2D eigenvalue weighted by Gasteiger charge is -2.26. The molecule has 21 heavy (non-hydrogen) atoms. The maximum Gasteiger partial charge on any atom is 0.231 e. The van der Waals surface area contributed by atoms with Crippen LogP contribution in [0.2, 0.25) is 0 Å². The average molecular weight is 293 g/mol. The molecule has 0 radical (unpaired) electrons. The van der Waals surface area contributed by atoms with Crippen LogP contribution in [0.5, 0.6) is 0 Å². The summed E-state index contributed by atoms with van der Waals surface area (Å²) < 4.78 is 0. The largest absolute Gasteiger partial charge is 0.357 e. The van der Waals surface area contributed by atoms with E-state index in [-0.39, 0.29) is 5.91 Å². The zero-order chi connectivity index (χ0) is 15.1. The molecule has 0 aliphatic carbocycles. The Balaban J connectivity index is 2.00. The molecule has 116 valence electrons. The van der Waals surface area contributed by atoms with Gasteiger partial charge in [-0.25, -0.2) is 0 Å². The third-order valence-corrected chi connectivity index (χ3v) is 3.27. The number of carbonyl (C=O) groups excluding carboxylic acids is 1. The van der Waals surface area contributed by atoms with Gasteiger partial charge in [-0.1, -0.05) is 0 Å². The Labute approximate surface area is 124 Å². The molecule has 3 N–H and O–H groups in total. The summed E-state index contributed by atoms with van der Waals surface area (Å²) in [5.74, 6) is 1.74. The molecule has 2 rings (SSSR count). The first-order chi connectivity index (χ1) is 10.2. The fraction of sp³-hybridized carbons (Fsp3) is 0.692. The molecule has 1 aliphatic rings. The van der Waals surface area contributed by atoms with Crippen molar-refractivity contribution in [1.82, 2.24) is 20.3 Å². The highest BCUT2D eigenvalue weighted by Crippen LogP contribution is 2.18. The minimum absolute atomic E-state index is 0.0441. The first-order valence-electron chi connectivity index (χ1n) is 7.36. The number of nitrogens with zero attached hydrogens (tertiary/aromatic N) is 4. The van der Waals surface area contributed by atoms with Crippen LogP contribution in [0.1, 0.15) is 26.2 Å². The second kappa shape index (κ2) is 7.61. The minimum atomic E-state index is -0.0441. The van der Waals surface area contributed by atoms with Crippen molar-refractivity contribution in [1.29, 1.82) is 0 Å². The van der Waals surface area contributed by atoms with Gasteiger partial charge in [0.25, 0.3) is 0 Å². The van der Waals surface area contributed by atoms with E-state index in [1.54, 1.807) is 7.05 Å².